The van der Waals surface area contributed by atoms with Crippen molar-refractivity contribution < 1.29 is 8.42 Å². The van der Waals surface area contributed by atoms with Crippen LogP contribution in [-0.2, 0) is 10.0 Å². The third-order valence-corrected chi connectivity index (χ3v) is 3.87. The second-order valence-corrected chi connectivity index (χ2v) is 6.48. The summed E-state index contributed by atoms with van der Waals surface area (Å²) in [6, 6.07) is 5.85. The van der Waals surface area contributed by atoms with Gasteiger partial charge in [-0.3, -0.25) is 4.40 Å². The molecule has 2 heterocycles. The molecule has 92 valence electrons. The molecular formula is C10H13N3O2S2. The van der Waals surface area contributed by atoms with Crippen LogP contribution in [0.3, 0.4) is 0 Å². The van der Waals surface area contributed by atoms with Crippen LogP contribution in [0, 0.1) is 0 Å². The van der Waals surface area contributed by atoms with Gasteiger partial charge in [0.05, 0.1) is 11.3 Å². The minimum atomic E-state index is -3.09. The first-order valence-corrected chi connectivity index (χ1v) is 7.93. The van der Waals surface area contributed by atoms with Crippen molar-refractivity contribution in [3.8, 4) is 0 Å². The minimum absolute atomic E-state index is 0.425. The molecule has 0 fully saturated rings. The SMILES string of the molecule is CS(=O)(=O)NCCSc1cccc2nccn12. The second-order valence-electron chi connectivity index (χ2n) is 3.53. The van der Waals surface area contributed by atoms with Gasteiger partial charge in [0.25, 0.3) is 0 Å². The van der Waals surface area contributed by atoms with Gasteiger partial charge in [-0.1, -0.05) is 6.07 Å². The Morgan fingerprint density at radius 3 is 3.06 bits per heavy atom. The predicted octanol–water partition coefficient (Wildman–Crippen LogP) is 0.976. The number of hydrogen-bond donors (Lipinski definition) is 1. The summed E-state index contributed by atoms with van der Waals surface area (Å²) in [4.78, 5) is 4.18. The molecule has 0 spiro atoms. The van der Waals surface area contributed by atoms with E-state index in [-0.39, 0.29) is 0 Å². The molecule has 0 aliphatic carbocycles. The van der Waals surface area contributed by atoms with E-state index in [9.17, 15) is 8.42 Å². The molecule has 0 aliphatic heterocycles. The van der Waals surface area contributed by atoms with Gasteiger partial charge >= 0.3 is 0 Å². The van der Waals surface area contributed by atoms with E-state index >= 15 is 0 Å². The van der Waals surface area contributed by atoms with E-state index in [0.29, 0.717) is 12.3 Å². The van der Waals surface area contributed by atoms with Crippen LogP contribution < -0.4 is 4.72 Å². The molecule has 1 N–H and O–H groups in total. The summed E-state index contributed by atoms with van der Waals surface area (Å²) >= 11 is 1.59. The summed E-state index contributed by atoms with van der Waals surface area (Å²) in [7, 11) is -3.09. The maximum absolute atomic E-state index is 10.9. The van der Waals surface area contributed by atoms with Crippen LogP contribution in [0.4, 0.5) is 0 Å². The van der Waals surface area contributed by atoms with Gasteiger partial charge in [0.2, 0.25) is 10.0 Å². The van der Waals surface area contributed by atoms with Gasteiger partial charge in [-0.05, 0) is 12.1 Å². The maximum Gasteiger partial charge on any atom is 0.208 e. The normalized spacial score (nSPS) is 12.1. The average molecular weight is 271 g/mol. The van der Waals surface area contributed by atoms with Crippen molar-refractivity contribution in [3.05, 3.63) is 30.6 Å². The van der Waals surface area contributed by atoms with E-state index < -0.39 is 10.0 Å². The van der Waals surface area contributed by atoms with Crippen LogP contribution in [0.5, 0.6) is 0 Å². The van der Waals surface area contributed by atoms with Crippen molar-refractivity contribution in [1.29, 1.82) is 0 Å². The van der Waals surface area contributed by atoms with Gasteiger partial charge in [0.1, 0.15) is 5.65 Å². The highest BCUT2D eigenvalue weighted by Crippen LogP contribution is 2.18. The molecule has 17 heavy (non-hydrogen) atoms. The summed E-state index contributed by atoms with van der Waals surface area (Å²) in [5.74, 6) is 0.685. The first-order chi connectivity index (χ1) is 8.06. The van der Waals surface area contributed by atoms with Crippen LogP contribution in [0.2, 0.25) is 0 Å². The fraction of sp³-hybridized carbons (Fsp3) is 0.300. The Labute approximate surface area is 104 Å². The monoisotopic (exact) mass is 271 g/mol. The number of aromatic nitrogens is 2. The van der Waals surface area contributed by atoms with Gasteiger partial charge in [0.15, 0.2) is 0 Å². The lowest BCUT2D eigenvalue weighted by Crippen LogP contribution is -2.24. The lowest BCUT2D eigenvalue weighted by atomic mass is 10.5. The molecule has 7 heteroatoms. The summed E-state index contributed by atoms with van der Waals surface area (Å²) < 4.78 is 26.2. The third kappa shape index (κ3) is 3.45. The van der Waals surface area contributed by atoms with E-state index in [0.717, 1.165) is 16.9 Å². The quantitative estimate of drug-likeness (QED) is 0.650. The van der Waals surface area contributed by atoms with Crippen molar-refractivity contribution in [1.82, 2.24) is 14.1 Å². The number of pyridine rings is 1. The zero-order valence-corrected chi connectivity index (χ0v) is 11.0. The highest BCUT2D eigenvalue weighted by Gasteiger charge is 2.02. The third-order valence-electron chi connectivity index (χ3n) is 2.11. The van der Waals surface area contributed by atoms with E-state index in [1.54, 1.807) is 18.0 Å². The van der Waals surface area contributed by atoms with Gasteiger partial charge < -0.3 is 0 Å². The molecule has 2 rings (SSSR count). The number of nitrogens with one attached hydrogen (secondary N) is 1. The number of fused-ring (bicyclic) bond motifs is 1. The zero-order valence-electron chi connectivity index (χ0n) is 9.33. The molecule has 5 nitrogen and oxygen atoms in total. The smallest absolute Gasteiger partial charge is 0.208 e. The number of imidazole rings is 1. The summed E-state index contributed by atoms with van der Waals surface area (Å²) in [5.41, 5.74) is 0.895. The Morgan fingerprint density at radius 1 is 1.47 bits per heavy atom. The second kappa shape index (κ2) is 5.07. The Bertz CT molecular complexity index is 607. The van der Waals surface area contributed by atoms with E-state index in [1.807, 2.05) is 28.8 Å². The molecule has 0 amide bonds. The van der Waals surface area contributed by atoms with Crippen LogP contribution in [0.25, 0.3) is 5.65 Å². The van der Waals surface area contributed by atoms with Crippen LogP contribution in [0.15, 0.2) is 35.6 Å². The first-order valence-electron chi connectivity index (χ1n) is 5.06. The molecule has 0 aromatic carbocycles. The highest BCUT2D eigenvalue weighted by molar-refractivity contribution is 7.99. The molecule has 0 radical (unpaired) electrons. The molecule has 2 aromatic heterocycles. The fourth-order valence-electron chi connectivity index (χ4n) is 1.42. The van der Waals surface area contributed by atoms with Crippen molar-refractivity contribution in [3.63, 3.8) is 0 Å². The molecule has 0 unspecified atom stereocenters. The summed E-state index contributed by atoms with van der Waals surface area (Å²) in [6.45, 7) is 0.425. The number of nitrogens with zero attached hydrogens (tertiary/aromatic N) is 2. The van der Waals surface area contributed by atoms with Gasteiger partial charge in [-0.2, -0.15) is 0 Å². The molecule has 0 saturated heterocycles. The maximum atomic E-state index is 10.9. The summed E-state index contributed by atoms with van der Waals surface area (Å²) in [5, 5.41) is 1.05. The Hall–Kier alpha value is -1.05. The molecule has 0 aliphatic rings. The first kappa shape index (κ1) is 12.4. The highest BCUT2D eigenvalue weighted by atomic mass is 32.2. The van der Waals surface area contributed by atoms with Crippen LogP contribution in [-0.4, -0.2) is 36.4 Å². The van der Waals surface area contributed by atoms with Crippen molar-refractivity contribution in [2.75, 3.05) is 18.6 Å². The largest absolute Gasteiger partial charge is 0.294 e. The number of rotatable bonds is 5. The fourth-order valence-corrected chi connectivity index (χ4v) is 2.91. The lowest BCUT2D eigenvalue weighted by molar-refractivity contribution is 0.590. The average Bonchev–Trinajstić information content (AvgIpc) is 2.71. The Balaban J connectivity index is 1.97. The standard InChI is InChI=1S/C10H13N3O2S2/c1-17(14,15)12-6-8-16-10-4-2-3-9-11-5-7-13(9)10/h2-5,7,12H,6,8H2,1H3. The molecule has 0 atom stereocenters. The molecule has 0 bridgehead atoms. The molecule has 0 saturated carbocycles. The zero-order chi connectivity index (χ0) is 12.3. The molecule has 2 aromatic rings. The molecular weight excluding hydrogens is 258 g/mol. The van der Waals surface area contributed by atoms with Gasteiger partial charge in [-0.15, -0.1) is 11.8 Å². The minimum Gasteiger partial charge on any atom is -0.294 e. The van der Waals surface area contributed by atoms with Crippen molar-refractivity contribution >= 4 is 27.4 Å². The summed E-state index contributed by atoms with van der Waals surface area (Å²) in [6.07, 6.45) is 4.80. The topological polar surface area (TPSA) is 63.5 Å². The van der Waals surface area contributed by atoms with Gasteiger partial charge in [0, 0.05) is 24.7 Å². The van der Waals surface area contributed by atoms with E-state index in [1.165, 1.54) is 0 Å². The van der Waals surface area contributed by atoms with Crippen molar-refractivity contribution in [2.45, 2.75) is 5.03 Å². The number of sulfonamides is 1. The van der Waals surface area contributed by atoms with E-state index in [4.69, 9.17) is 0 Å². The van der Waals surface area contributed by atoms with Crippen molar-refractivity contribution in [2.24, 2.45) is 0 Å². The van der Waals surface area contributed by atoms with E-state index in [2.05, 4.69) is 9.71 Å². The van der Waals surface area contributed by atoms with Crippen LogP contribution in [0.1, 0.15) is 0 Å². The Kier molecular flexibility index (Phi) is 3.70. The number of thioether (sulfide) groups is 1. The number of hydrogen-bond acceptors (Lipinski definition) is 4. The van der Waals surface area contributed by atoms with Crippen LogP contribution >= 0.6 is 11.8 Å². The lowest BCUT2D eigenvalue weighted by Gasteiger charge is -2.05. The Morgan fingerprint density at radius 2 is 2.29 bits per heavy atom. The van der Waals surface area contributed by atoms with Gasteiger partial charge in [-0.25, -0.2) is 18.1 Å². The predicted molar refractivity (Wildman–Crippen MR) is 68.8 cm³/mol.